The van der Waals surface area contributed by atoms with Gasteiger partial charge in [-0.15, -0.1) is 0 Å². The van der Waals surface area contributed by atoms with Crippen molar-refractivity contribution < 1.29 is 14.3 Å². The minimum atomic E-state index is -0.390. The molecule has 3 aromatic rings. The molecule has 0 aliphatic heterocycles. The molecule has 0 unspecified atom stereocenters. The molecular weight excluding hydrogens is 356 g/mol. The molecule has 0 bridgehead atoms. The van der Waals surface area contributed by atoms with Gasteiger partial charge in [-0.25, -0.2) is 14.8 Å². The van der Waals surface area contributed by atoms with Crippen molar-refractivity contribution in [1.29, 1.82) is 0 Å². The van der Waals surface area contributed by atoms with Crippen molar-refractivity contribution >= 4 is 17.0 Å². The quantitative estimate of drug-likeness (QED) is 0.605. The summed E-state index contributed by atoms with van der Waals surface area (Å²) in [5, 5.41) is 5.55. The van der Waals surface area contributed by atoms with Crippen LogP contribution in [0.25, 0.3) is 11.0 Å². The molecule has 148 valence electrons. The Labute approximate surface area is 164 Å². The van der Waals surface area contributed by atoms with E-state index in [-0.39, 0.29) is 18.2 Å². The summed E-state index contributed by atoms with van der Waals surface area (Å²) in [6.45, 7) is 10.7. The fourth-order valence-corrected chi connectivity index (χ4v) is 2.79. The average Bonchev–Trinajstić information content (AvgIpc) is 3.03. The molecule has 0 aliphatic carbocycles. The molecule has 3 aromatic heterocycles. The lowest BCUT2D eigenvalue weighted by molar-refractivity contribution is -0.0172. The molecule has 0 fully saturated rings. The fraction of sp³-hybridized carbons (Fsp3) is 0.429. The molecule has 0 aliphatic rings. The maximum absolute atomic E-state index is 12.3. The Morgan fingerprint density at radius 3 is 2.79 bits per heavy atom. The zero-order valence-electron chi connectivity index (χ0n) is 17.0. The molecule has 3 rings (SSSR count). The Balaban J connectivity index is 1.91. The molecular formula is C21H26N4O3. The average molecular weight is 382 g/mol. The molecule has 7 nitrogen and oxygen atoms in total. The zero-order valence-corrected chi connectivity index (χ0v) is 17.0. The van der Waals surface area contributed by atoms with Crippen LogP contribution in [0, 0.1) is 6.92 Å². The third kappa shape index (κ3) is 4.72. The summed E-state index contributed by atoms with van der Waals surface area (Å²) >= 11 is 0. The first-order valence-electron chi connectivity index (χ1n) is 9.35. The van der Waals surface area contributed by atoms with Gasteiger partial charge in [-0.1, -0.05) is 0 Å². The number of hydrogen-bond acceptors (Lipinski definition) is 6. The van der Waals surface area contributed by atoms with Crippen LogP contribution in [0.3, 0.4) is 0 Å². The second kappa shape index (κ2) is 8.06. The molecule has 3 heterocycles. The lowest BCUT2D eigenvalue weighted by Crippen LogP contribution is -2.20. The largest absolute Gasteiger partial charge is 0.462 e. The van der Waals surface area contributed by atoms with E-state index >= 15 is 0 Å². The van der Waals surface area contributed by atoms with E-state index in [0.29, 0.717) is 24.4 Å². The highest BCUT2D eigenvalue weighted by atomic mass is 16.5. The van der Waals surface area contributed by atoms with E-state index in [1.807, 2.05) is 39.8 Å². The minimum Gasteiger partial charge on any atom is -0.462 e. The number of aromatic nitrogens is 4. The Bertz CT molecular complexity index is 989. The van der Waals surface area contributed by atoms with Crippen molar-refractivity contribution in [3.8, 4) is 0 Å². The summed E-state index contributed by atoms with van der Waals surface area (Å²) in [7, 11) is 0. The van der Waals surface area contributed by atoms with Gasteiger partial charge in [0.15, 0.2) is 5.65 Å². The SMILES string of the molecule is CCOC(=O)c1cn(Cc2cc3cccnc3nc2C)nc1COC(C)(C)C. The van der Waals surface area contributed by atoms with Gasteiger partial charge < -0.3 is 9.47 Å². The minimum absolute atomic E-state index is 0.240. The maximum Gasteiger partial charge on any atom is 0.341 e. The molecule has 0 atom stereocenters. The molecule has 0 amide bonds. The van der Waals surface area contributed by atoms with Gasteiger partial charge in [0.2, 0.25) is 0 Å². The van der Waals surface area contributed by atoms with Crippen LogP contribution in [-0.2, 0) is 22.6 Å². The molecule has 0 aromatic carbocycles. The van der Waals surface area contributed by atoms with Crippen molar-refractivity contribution in [3.05, 3.63) is 53.1 Å². The van der Waals surface area contributed by atoms with Crippen LogP contribution >= 0.6 is 0 Å². The second-order valence-corrected chi connectivity index (χ2v) is 7.59. The Kier molecular flexibility index (Phi) is 5.74. The van der Waals surface area contributed by atoms with E-state index in [1.54, 1.807) is 24.0 Å². The number of nitrogens with zero attached hydrogens (tertiary/aromatic N) is 4. The molecule has 0 saturated carbocycles. The van der Waals surface area contributed by atoms with Crippen molar-refractivity contribution in [1.82, 2.24) is 19.7 Å². The highest BCUT2D eigenvalue weighted by molar-refractivity contribution is 5.90. The Morgan fingerprint density at radius 1 is 1.29 bits per heavy atom. The van der Waals surface area contributed by atoms with Gasteiger partial charge in [-0.05, 0) is 58.4 Å². The third-order valence-corrected chi connectivity index (χ3v) is 4.19. The first kappa shape index (κ1) is 19.9. The maximum atomic E-state index is 12.3. The molecule has 0 radical (unpaired) electrons. The molecule has 0 N–H and O–H groups in total. The van der Waals surface area contributed by atoms with Crippen LogP contribution in [0.2, 0.25) is 0 Å². The number of aryl methyl sites for hydroxylation is 1. The predicted molar refractivity (Wildman–Crippen MR) is 106 cm³/mol. The van der Waals surface area contributed by atoms with Gasteiger partial charge in [0.25, 0.3) is 0 Å². The molecule has 7 heteroatoms. The van der Waals surface area contributed by atoms with Crippen molar-refractivity contribution in [2.45, 2.75) is 53.4 Å². The van der Waals surface area contributed by atoms with Gasteiger partial charge in [-0.2, -0.15) is 5.10 Å². The fourth-order valence-electron chi connectivity index (χ4n) is 2.79. The summed E-state index contributed by atoms with van der Waals surface area (Å²) in [6, 6.07) is 5.92. The van der Waals surface area contributed by atoms with Crippen LogP contribution in [-0.4, -0.2) is 37.9 Å². The van der Waals surface area contributed by atoms with Crippen LogP contribution in [0.1, 0.15) is 55.0 Å². The molecule has 0 saturated heterocycles. The van der Waals surface area contributed by atoms with Crippen molar-refractivity contribution in [2.75, 3.05) is 6.61 Å². The number of rotatable bonds is 6. The zero-order chi connectivity index (χ0) is 20.3. The van der Waals surface area contributed by atoms with Gasteiger partial charge in [0.05, 0.1) is 25.4 Å². The van der Waals surface area contributed by atoms with Gasteiger partial charge >= 0.3 is 5.97 Å². The van der Waals surface area contributed by atoms with Crippen molar-refractivity contribution in [2.24, 2.45) is 0 Å². The Hall–Kier alpha value is -2.80. The van der Waals surface area contributed by atoms with E-state index < -0.39 is 0 Å². The van der Waals surface area contributed by atoms with Gasteiger partial charge in [0, 0.05) is 23.5 Å². The number of carbonyl (C=O) groups excluding carboxylic acids is 1. The topological polar surface area (TPSA) is 79.1 Å². The van der Waals surface area contributed by atoms with Crippen LogP contribution in [0.4, 0.5) is 0 Å². The smallest absolute Gasteiger partial charge is 0.341 e. The van der Waals surface area contributed by atoms with Crippen molar-refractivity contribution in [3.63, 3.8) is 0 Å². The molecule has 0 spiro atoms. The first-order valence-corrected chi connectivity index (χ1v) is 9.35. The number of hydrogen-bond donors (Lipinski definition) is 0. The second-order valence-electron chi connectivity index (χ2n) is 7.59. The van der Waals surface area contributed by atoms with Crippen LogP contribution in [0.5, 0.6) is 0 Å². The molecule has 28 heavy (non-hydrogen) atoms. The highest BCUT2D eigenvalue weighted by Crippen LogP contribution is 2.19. The summed E-state index contributed by atoms with van der Waals surface area (Å²) in [5.41, 5.74) is 3.28. The summed E-state index contributed by atoms with van der Waals surface area (Å²) in [4.78, 5) is 21.2. The first-order chi connectivity index (χ1) is 13.3. The predicted octanol–water partition coefficient (Wildman–Crippen LogP) is 3.67. The van der Waals surface area contributed by atoms with Crippen LogP contribution < -0.4 is 0 Å². The van der Waals surface area contributed by atoms with E-state index in [2.05, 4.69) is 21.1 Å². The van der Waals surface area contributed by atoms with Gasteiger partial charge in [-0.3, -0.25) is 4.68 Å². The monoisotopic (exact) mass is 382 g/mol. The van der Waals surface area contributed by atoms with E-state index in [4.69, 9.17) is 9.47 Å². The summed E-state index contributed by atoms with van der Waals surface area (Å²) < 4.78 is 12.7. The number of pyridine rings is 2. The van der Waals surface area contributed by atoms with E-state index in [1.165, 1.54) is 0 Å². The van der Waals surface area contributed by atoms with E-state index in [9.17, 15) is 4.79 Å². The lowest BCUT2D eigenvalue weighted by Gasteiger charge is -2.18. The Morgan fingerprint density at radius 2 is 2.07 bits per heavy atom. The van der Waals surface area contributed by atoms with E-state index in [0.717, 1.165) is 22.3 Å². The third-order valence-electron chi connectivity index (χ3n) is 4.19. The summed E-state index contributed by atoms with van der Waals surface area (Å²) in [6.07, 6.45) is 3.45. The number of ether oxygens (including phenoxy) is 2. The highest BCUT2D eigenvalue weighted by Gasteiger charge is 2.20. The van der Waals surface area contributed by atoms with Gasteiger partial charge in [0.1, 0.15) is 11.3 Å². The number of esters is 1. The normalized spacial score (nSPS) is 11.8. The summed E-state index contributed by atoms with van der Waals surface area (Å²) in [5.74, 6) is -0.390. The number of fused-ring (bicyclic) bond motifs is 1. The standard InChI is InChI=1S/C21H26N4O3/c1-6-27-20(26)17-12-25(24-18(17)13-28-21(3,4)5)11-16-10-15-8-7-9-22-19(15)23-14(16)2/h7-10,12H,6,11,13H2,1-5H3. The van der Waals surface area contributed by atoms with Crippen LogP contribution in [0.15, 0.2) is 30.6 Å². The number of carbonyl (C=O) groups is 1. The lowest BCUT2D eigenvalue weighted by atomic mass is 10.1.